The minimum Gasteiger partial charge on any atom is -0.296 e. The van der Waals surface area contributed by atoms with Crippen molar-refractivity contribution in [3.63, 3.8) is 0 Å². The SMILES string of the molecule is CCC[C@@H]1CCCCc2noc(=O)n21.CCC[C@H]1CCCCc2noc(=O)n21. The van der Waals surface area contributed by atoms with Crippen LogP contribution in [-0.4, -0.2) is 19.4 Å². The summed E-state index contributed by atoms with van der Waals surface area (Å²) in [5.74, 6) is 1.12. The van der Waals surface area contributed by atoms with E-state index in [1.165, 1.54) is 12.8 Å². The highest BCUT2D eigenvalue weighted by molar-refractivity contribution is 4.92. The predicted octanol–water partition coefficient (Wildman–Crippen LogP) is 3.81. The summed E-state index contributed by atoms with van der Waals surface area (Å²) in [6, 6.07) is 0.632. The van der Waals surface area contributed by atoms with E-state index in [2.05, 4.69) is 24.2 Å². The molecule has 0 radical (unpaired) electrons. The Balaban J connectivity index is 0.000000161. The Bertz CT molecular complexity index is 777. The Morgan fingerprint density at radius 2 is 1.21 bits per heavy atom. The number of aromatic nitrogens is 4. The zero-order valence-corrected chi connectivity index (χ0v) is 17.1. The molecule has 2 aromatic rings. The summed E-state index contributed by atoms with van der Waals surface area (Å²) >= 11 is 0. The molecule has 0 bridgehead atoms. The highest BCUT2D eigenvalue weighted by Crippen LogP contribution is 2.25. The quantitative estimate of drug-likeness (QED) is 0.785. The lowest BCUT2D eigenvalue weighted by Gasteiger charge is -2.14. The lowest BCUT2D eigenvalue weighted by atomic mass is 10.1. The van der Waals surface area contributed by atoms with Gasteiger partial charge in [-0.3, -0.25) is 18.2 Å². The average Bonchev–Trinajstić information content (AvgIpc) is 3.07. The molecule has 4 heterocycles. The average molecular weight is 393 g/mol. The van der Waals surface area contributed by atoms with Crippen LogP contribution in [-0.2, 0) is 12.8 Å². The fourth-order valence-electron chi connectivity index (χ4n) is 4.42. The van der Waals surface area contributed by atoms with Gasteiger partial charge >= 0.3 is 11.5 Å². The first-order chi connectivity index (χ1) is 13.7. The first kappa shape index (κ1) is 20.6. The Labute approximate surface area is 164 Å². The first-order valence-electron chi connectivity index (χ1n) is 10.8. The van der Waals surface area contributed by atoms with Crippen LogP contribution in [0.1, 0.15) is 102 Å². The smallest absolute Gasteiger partial charge is 0.296 e. The van der Waals surface area contributed by atoms with E-state index < -0.39 is 0 Å². The molecule has 156 valence electrons. The summed E-state index contributed by atoms with van der Waals surface area (Å²) in [6.45, 7) is 4.28. The van der Waals surface area contributed by atoms with E-state index in [-0.39, 0.29) is 11.5 Å². The van der Waals surface area contributed by atoms with Crippen molar-refractivity contribution in [2.24, 2.45) is 0 Å². The number of aryl methyl sites for hydroxylation is 2. The molecule has 0 saturated heterocycles. The summed E-state index contributed by atoms with van der Waals surface area (Å²) in [4.78, 5) is 22.9. The first-order valence-corrected chi connectivity index (χ1v) is 10.8. The lowest BCUT2D eigenvalue weighted by molar-refractivity contribution is 0.345. The number of fused-ring (bicyclic) bond motifs is 2. The molecule has 28 heavy (non-hydrogen) atoms. The molecule has 0 N–H and O–H groups in total. The third-order valence-electron chi connectivity index (χ3n) is 5.76. The molecule has 0 aromatic carbocycles. The predicted molar refractivity (Wildman–Crippen MR) is 105 cm³/mol. The van der Waals surface area contributed by atoms with Gasteiger partial charge in [0.05, 0.1) is 0 Å². The molecule has 2 aliphatic heterocycles. The van der Waals surface area contributed by atoms with Gasteiger partial charge in [0.2, 0.25) is 0 Å². The summed E-state index contributed by atoms with van der Waals surface area (Å²) in [5.41, 5.74) is 0. The van der Waals surface area contributed by atoms with Gasteiger partial charge in [-0.1, -0.05) is 49.8 Å². The van der Waals surface area contributed by atoms with Gasteiger partial charge in [-0.05, 0) is 38.5 Å². The third-order valence-corrected chi connectivity index (χ3v) is 5.76. The third kappa shape index (κ3) is 4.64. The summed E-state index contributed by atoms with van der Waals surface area (Å²) < 4.78 is 12.9. The molecule has 0 fully saturated rings. The molecular weight excluding hydrogens is 360 g/mol. The van der Waals surface area contributed by atoms with Crippen LogP contribution in [0.15, 0.2) is 18.6 Å². The Morgan fingerprint density at radius 3 is 1.61 bits per heavy atom. The molecule has 0 saturated carbocycles. The zero-order valence-electron chi connectivity index (χ0n) is 17.1. The van der Waals surface area contributed by atoms with Crippen molar-refractivity contribution in [2.75, 3.05) is 0 Å². The van der Waals surface area contributed by atoms with Crippen LogP contribution in [0.4, 0.5) is 0 Å². The van der Waals surface area contributed by atoms with Crippen LogP contribution in [0, 0.1) is 0 Å². The second-order valence-corrected chi connectivity index (χ2v) is 7.85. The van der Waals surface area contributed by atoms with Crippen molar-refractivity contribution >= 4 is 0 Å². The molecule has 8 heteroatoms. The maximum Gasteiger partial charge on any atom is 0.441 e. The number of rotatable bonds is 4. The minimum absolute atomic E-state index is 0.277. The fraction of sp³-hybridized carbons (Fsp3) is 0.800. The molecule has 2 aromatic heterocycles. The minimum atomic E-state index is -0.277. The molecule has 2 atom stereocenters. The largest absolute Gasteiger partial charge is 0.441 e. The van der Waals surface area contributed by atoms with Crippen LogP contribution in [0.25, 0.3) is 0 Å². The Hall–Kier alpha value is -2.12. The fourth-order valence-corrected chi connectivity index (χ4v) is 4.42. The van der Waals surface area contributed by atoms with Crippen molar-refractivity contribution in [2.45, 2.75) is 103 Å². The van der Waals surface area contributed by atoms with Gasteiger partial charge < -0.3 is 0 Å². The molecule has 8 nitrogen and oxygen atoms in total. The molecule has 2 aliphatic rings. The maximum atomic E-state index is 11.4. The second kappa shape index (κ2) is 9.89. The molecule has 4 rings (SSSR count). The van der Waals surface area contributed by atoms with Gasteiger partial charge in [0.1, 0.15) is 0 Å². The molecule has 0 spiro atoms. The Kier molecular flexibility index (Phi) is 7.28. The van der Waals surface area contributed by atoms with E-state index in [0.29, 0.717) is 12.1 Å². The standard InChI is InChI=1S/2C10H16N2O2/c2*1-2-5-8-6-3-4-7-9-11-14-10(13)12(8)9/h2*8H,2-7H2,1H3/t2*8-/m10/s1. The van der Waals surface area contributed by atoms with E-state index in [1.54, 1.807) is 9.13 Å². The van der Waals surface area contributed by atoms with E-state index >= 15 is 0 Å². The molecule has 0 amide bonds. The van der Waals surface area contributed by atoms with Crippen LogP contribution >= 0.6 is 0 Å². The van der Waals surface area contributed by atoms with Crippen LogP contribution in [0.5, 0.6) is 0 Å². The molecular formula is C20H32N4O4. The topological polar surface area (TPSA) is 96.1 Å². The van der Waals surface area contributed by atoms with Gasteiger partial charge in [-0.15, -0.1) is 0 Å². The van der Waals surface area contributed by atoms with E-state index in [1.807, 2.05) is 0 Å². The monoisotopic (exact) mass is 392 g/mol. The van der Waals surface area contributed by atoms with E-state index in [4.69, 9.17) is 9.05 Å². The van der Waals surface area contributed by atoms with Gasteiger partial charge in [0.15, 0.2) is 11.6 Å². The maximum absolute atomic E-state index is 11.4. The Morgan fingerprint density at radius 1 is 0.786 bits per heavy atom. The van der Waals surface area contributed by atoms with E-state index in [9.17, 15) is 9.59 Å². The second-order valence-electron chi connectivity index (χ2n) is 7.85. The number of nitrogens with zero attached hydrogens (tertiary/aromatic N) is 4. The summed E-state index contributed by atoms with van der Waals surface area (Å²) in [6.07, 6.45) is 12.8. The van der Waals surface area contributed by atoms with Gasteiger partial charge in [0, 0.05) is 24.9 Å². The van der Waals surface area contributed by atoms with Crippen molar-refractivity contribution in [3.05, 3.63) is 32.8 Å². The van der Waals surface area contributed by atoms with Crippen molar-refractivity contribution < 1.29 is 9.05 Å². The summed E-state index contributed by atoms with van der Waals surface area (Å²) in [7, 11) is 0. The van der Waals surface area contributed by atoms with Crippen molar-refractivity contribution in [3.8, 4) is 0 Å². The van der Waals surface area contributed by atoms with Crippen LogP contribution in [0.3, 0.4) is 0 Å². The zero-order chi connectivity index (χ0) is 19.9. The van der Waals surface area contributed by atoms with Gasteiger partial charge in [-0.2, -0.15) is 0 Å². The molecule has 0 aliphatic carbocycles. The number of hydrogen-bond acceptors (Lipinski definition) is 6. The summed E-state index contributed by atoms with van der Waals surface area (Å²) in [5, 5.41) is 7.65. The van der Waals surface area contributed by atoms with E-state index in [0.717, 1.165) is 75.9 Å². The highest BCUT2D eigenvalue weighted by atomic mass is 16.5. The number of hydrogen-bond donors (Lipinski definition) is 0. The molecule has 0 unspecified atom stereocenters. The van der Waals surface area contributed by atoms with Crippen LogP contribution in [0.2, 0.25) is 0 Å². The lowest BCUT2D eigenvalue weighted by Crippen LogP contribution is -2.21. The highest BCUT2D eigenvalue weighted by Gasteiger charge is 2.23. The van der Waals surface area contributed by atoms with Gasteiger partial charge in [-0.25, -0.2) is 9.59 Å². The van der Waals surface area contributed by atoms with Crippen molar-refractivity contribution in [1.82, 2.24) is 19.4 Å². The van der Waals surface area contributed by atoms with Gasteiger partial charge in [0.25, 0.3) is 0 Å². The van der Waals surface area contributed by atoms with Crippen molar-refractivity contribution in [1.29, 1.82) is 0 Å². The van der Waals surface area contributed by atoms with Crippen LogP contribution < -0.4 is 11.5 Å². The normalized spacial score (nSPS) is 21.6.